The fourth-order valence-electron chi connectivity index (χ4n) is 4.54. The minimum absolute atomic E-state index is 0.118. The van der Waals surface area contributed by atoms with Crippen LogP contribution in [0.1, 0.15) is 11.1 Å². The van der Waals surface area contributed by atoms with E-state index in [1.165, 1.54) is 0 Å². The van der Waals surface area contributed by atoms with Crippen LogP contribution in [-0.2, 0) is 6.18 Å². The van der Waals surface area contributed by atoms with Gasteiger partial charge < -0.3 is 4.74 Å². The maximum Gasteiger partial charge on any atom is 0.416 e. The van der Waals surface area contributed by atoms with Gasteiger partial charge in [0, 0.05) is 29.2 Å². The molecule has 182 valence electrons. The van der Waals surface area contributed by atoms with Crippen molar-refractivity contribution in [3.05, 3.63) is 115 Å². The second-order valence-electron chi connectivity index (χ2n) is 8.79. The van der Waals surface area contributed by atoms with Gasteiger partial charge in [0.2, 0.25) is 5.88 Å². The van der Waals surface area contributed by atoms with Gasteiger partial charge in [-0.05, 0) is 66.1 Å². The molecule has 3 heterocycles. The van der Waals surface area contributed by atoms with E-state index in [2.05, 4.69) is 44.9 Å². The largest absolute Gasteiger partial charge is 0.439 e. The van der Waals surface area contributed by atoms with E-state index in [4.69, 9.17) is 4.74 Å². The SMILES string of the molecule is Cc1ccnc(-n2c3ccccc3c3ccc(-c4cccc(Oc5cc(C(F)(F)F)ccn5)c4)cc32)c1. The van der Waals surface area contributed by atoms with Gasteiger partial charge in [0.25, 0.3) is 0 Å². The average Bonchev–Trinajstić information content (AvgIpc) is 3.22. The van der Waals surface area contributed by atoms with Gasteiger partial charge >= 0.3 is 6.18 Å². The lowest BCUT2D eigenvalue weighted by molar-refractivity contribution is -0.137. The smallest absolute Gasteiger partial charge is 0.416 e. The second kappa shape index (κ2) is 8.78. The molecule has 0 bridgehead atoms. The highest BCUT2D eigenvalue weighted by molar-refractivity contribution is 6.10. The maximum absolute atomic E-state index is 13.1. The van der Waals surface area contributed by atoms with E-state index in [0.29, 0.717) is 5.75 Å². The van der Waals surface area contributed by atoms with E-state index in [1.807, 2.05) is 37.3 Å². The van der Waals surface area contributed by atoms with Gasteiger partial charge in [-0.2, -0.15) is 13.2 Å². The normalized spacial score (nSPS) is 11.8. The van der Waals surface area contributed by atoms with Crippen molar-refractivity contribution < 1.29 is 17.9 Å². The van der Waals surface area contributed by atoms with Crippen LogP contribution >= 0.6 is 0 Å². The Morgan fingerprint density at radius 1 is 0.703 bits per heavy atom. The molecule has 0 amide bonds. The number of hydrogen-bond acceptors (Lipinski definition) is 3. The lowest BCUT2D eigenvalue weighted by atomic mass is 10.0. The molecule has 0 saturated carbocycles. The number of rotatable bonds is 4. The molecular weight excluding hydrogens is 475 g/mol. The van der Waals surface area contributed by atoms with Crippen molar-refractivity contribution in [1.29, 1.82) is 0 Å². The van der Waals surface area contributed by atoms with Gasteiger partial charge in [-0.3, -0.25) is 4.57 Å². The molecule has 0 aliphatic carbocycles. The van der Waals surface area contributed by atoms with Crippen molar-refractivity contribution in [2.45, 2.75) is 13.1 Å². The summed E-state index contributed by atoms with van der Waals surface area (Å²) in [4.78, 5) is 8.56. The highest BCUT2D eigenvalue weighted by Crippen LogP contribution is 2.36. The summed E-state index contributed by atoms with van der Waals surface area (Å²) in [5, 5.41) is 2.23. The third-order valence-electron chi connectivity index (χ3n) is 6.26. The predicted octanol–water partition coefficient (Wildman–Crippen LogP) is 8.36. The van der Waals surface area contributed by atoms with Crippen molar-refractivity contribution in [2.75, 3.05) is 0 Å². The quantitative estimate of drug-likeness (QED) is 0.247. The minimum atomic E-state index is -4.47. The monoisotopic (exact) mass is 495 g/mol. The molecule has 3 aromatic heterocycles. The van der Waals surface area contributed by atoms with Crippen molar-refractivity contribution in [3.8, 4) is 28.6 Å². The maximum atomic E-state index is 13.1. The van der Waals surface area contributed by atoms with E-state index in [1.54, 1.807) is 24.4 Å². The number of fused-ring (bicyclic) bond motifs is 3. The van der Waals surface area contributed by atoms with E-state index < -0.39 is 11.7 Å². The molecule has 0 spiro atoms. The zero-order valence-corrected chi connectivity index (χ0v) is 19.7. The van der Waals surface area contributed by atoms with E-state index in [9.17, 15) is 13.2 Å². The van der Waals surface area contributed by atoms with Crippen LogP contribution in [-0.4, -0.2) is 14.5 Å². The highest BCUT2D eigenvalue weighted by Gasteiger charge is 2.31. The molecule has 0 aliphatic rings. The van der Waals surface area contributed by atoms with Crippen LogP contribution in [0.2, 0.25) is 0 Å². The van der Waals surface area contributed by atoms with Crippen LogP contribution in [0, 0.1) is 6.92 Å². The first-order valence-corrected chi connectivity index (χ1v) is 11.6. The standard InChI is InChI=1S/C30H20F3N3O/c1-19-11-13-34-28(15-19)36-26-8-3-2-7-24(26)25-10-9-21(17-27(25)36)20-5-4-6-23(16-20)37-29-18-22(12-14-35-29)30(31,32)33/h2-18H,1H3. The Kier molecular flexibility index (Phi) is 5.41. The van der Waals surface area contributed by atoms with Crippen molar-refractivity contribution in [3.63, 3.8) is 0 Å². The molecule has 0 radical (unpaired) electrons. The van der Waals surface area contributed by atoms with Crippen LogP contribution in [0.25, 0.3) is 38.8 Å². The number of aryl methyl sites for hydroxylation is 1. The summed E-state index contributed by atoms with van der Waals surface area (Å²) in [5.41, 5.74) is 4.16. The second-order valence-corrected chi connectivity index (χ2v) is 8.79. The molecule has 0 fully saturated rings. The number of pyridine rings is 2. The lowest BCUT2D eigenvalue weighted by Gasteiger charge is -2.11. The molecule has 0 saturated heterocycles. The molecule has 7 heteroatoms. The summed E-state index contributed by atoms with van der Waals surface area (Å²) < 4.78 is 47.1. The van der Waals surface area contributed by atoms with Gasteiger partial charge in [-0.15, -0.1) is 0 Å². The fraction of sp³-hybridized carbons (Fsp3) is 0.0667. The summed E-state index contributed by atoms with van der Waals surface area (Å²) in [7, 11) is 0. The van der Waals surface area contributed by atoms with E-state index in [0.717, 1.165) is 62.6 Å². The molecule has 0 unspecified atom stereocenters. The molecule has 0 aliphatic heterocycles. The van der Waals surface area contributed by atoms with E-state index >= 15 is 0 Å². The number of hydrogen-bond donors (Lipinski definition) is 0. The number of benzene rings is 3. The van der Waals surface area contributed by atoms with Gasteiger partial charge in [0.15, 0.2) is 0 Å². The van der Waals surface area contributed by atoms with Crippen molar-refractivity contribution in [2.24, 2.45) is 0 Å². The molecule has 6 rings (SSSR count). The Bertz CT molecular complexity index is 1770. The summed E-state index contributed by atoms with van der Waals surface area (Å²) in [5.74, 6) is 1.11. The number of halogens is 3. The number of nitrogens with zero attached hydrogens (tertiary/aromatic N) is 3. The van der Waals surface area contributed by atoms with Crippen molar-refractivity contribution >= 4 is 21.8 Å². The Balaban J connectivity index is 1.44. The predicted molar refractivity (Wildman–Crippen MR) is 138 cm³/mol. The Hall–Kier alpha value is -4.65. The Labute approximate surface area is 210 Å². The van der Waals surface area contributed by atoms with Gasteiger partial charge in [-0.25, -0.2) is 9.97 Å². The fourth-order valence-corrected chi connectivity index (χ4v) is 4.54. The Morgan fingerprint density at radius 3 is 2.32 bits per heavy atom. The number of ether oxygens (including phenoxy) is 1. The molecule has 4 nitrogen and oxygen atoms in total. The molecule has 0 atom stereocenters. The molecule has 6 aromatic rings. The van der Waals surface area contributed by atoms with Gasteiger partial charge in [0.05, 0.1) is 16.6 Å². The third-order valence-corrected chi connectivity index (χ3v) is 6.26. The van der Waals surface area contributed by atoms with Gasteiger partial charge in [-0.1, -0.05) is 42.5 Å². The summed E-state index contributed by atoms with van der Waals surface area (Å²) in [6.07, 6.45) is -1.57. The summed E-state index contributed by atoms with van der Waals surface area (Å²) in [6.45, 7) is 2.04. The number of alkyl halides is 3. The molecule has 0 N–H and O–H groups in total. The molecule has 37 heavy (non-hydrogen) atoms. The van der Waals surface area contributed by atoms with Crippen LogP contribution in [0.15, 0.2) is 103 Å². The first-order valence-electron chi connectivity index (χ1n) is 11.6. The average molecular weight is 496 g/mol. The van der Waals surface area contributed by atoms with E-state index in [-0.39, 0.29) is 5.88 Å². The molecule has 3 aromatic carbocycles. The van der Waals surface area contributed by atoms with Crippen LogP contribution in [0.4, 0.5) is 13.2 Å². The third kappa shape index (κ3) is 4.29. The first-order chi connectivity index (χ1) is 17.9. The number of para-hydroxylation sites is 1. The zero-order chi connectivity index (χ0) is 25.6. The van der Waals surface area contributed by atoms with Crippen molar-refractivity contribution in [1.82, 2.24) is 14.5 Å². The Morgan fingerprint density at radius 2 is 1.49 bits per heavy atom. The highest BCUT2D eigenvalue weighted by atomic mass is 19.4. The van der Waals surface area contributed by atoms with Gasteiger partial charge in [0.1, 0.15) is 11.6 Å². The van der Waals surface area contributed by atoms with Crippen LogP contribution in [0.3, 0.4) is 0 Å². The molecular formula is C30H20F3N3O. The van der Waals surface area contributed by atoms with Crippen LogP contribution < -0.4 is 4.74 Å². The zero-order valence-electron chi connectivity index (χ0n) is 19.7. The summed E-state index contributed by atoms with van der Waals surface area (Å²) in [6, 6.07) is 27.5. The summed E-state index contributed by atoms with van der Waals surface area (Å²) >= 11 is 0. The lowest BCUT2D eigenvalue weighted by Crippen LogP contribution is -2.05. The topological polar surface area (TPSA) is 39.9 Å². The van der Waals surface area contributed by atoms with Crippen LogP contribution in [0.5, 0.6) is 11.6 Å². The minimum Gasteiger partial charge on any atom is -0.439 e. The number of aromatic nitrogens is 3. The first kappa shape index (κ1) is 22.8.